The van der Waals surface area contributed by atoms with Crippen LogP contribution in [0.15, 0.2) is 35.1 Å². The number of rotatable bonds is 3. The molecule has 0 aliphatic heterocycles. The number of benzene rings is 1. The summed E-state index contributed by atoms with van der Waals surface area (Å²) in [6, 6.07) is 9.12. The molecule has 0 bridgehead atoms. The smallest absolute Gasteiger partial charge is 0.336 e. The minimum atomic E-state index is -1.15. The Bertz CT molecular complexity index is 1140. The van der Waals surface area contributed by atoms with E-state index in [-0.39, 0.29) is 21.6 Å². The first-order valence-electron chi connectivity index (χ1n) is 7.96. The van der Waals surface area contributed by atoms with Gasteiger partial charge < -0.3 is 5.11 Å². The van der Waals surface area contributed by atoms with Gasteiger partial charge in [0, 0.05) is 11.6 Å². The third-order valence-electron chi connectivity index (χ3n) is 4.37. The molecule has 25 heavy (non-hydrogen) atoms. The number of nitrogens with zero attached hydrogens (tertiary/aromatic N) is 2. The highest BCUT2D eigenvalue weighted by Crippen LogP contribution is 2.40. The third kappa shape index (κ3) is 2.66. The lowest BCUT2D eigenvalue weighted by molar-refractivity contribution is 0.0698. The molecular weight excluding hydrogens is 338 g/mol. The number of aryl methyl sites for hydroxylation is 1. The van der Waals surface area contributed by atoms with Gasteiger partial charge in [-0.2, -0.15) is 0 Å². The second-order valence-corrected chi connectivity index (χ2v) is 6.69. The molecule has 1 fully saturated rings. The van der Waals surface area contributed by atoms with E-state index in [0.717, 1.165) is 24.1 Å². The van der Waals surface area contributed by atoms with E-state index >= 15 is 0 Å². The molecule has 0 spiro atoms. The van der Waals surface area contributed by atoms with Crippen LogP contribution in [0.5, 0.6) is 0 Å². The minimum Gasteiger partial charge on any atom is -0.478 e. The van der Waals surface area contributed by atoms with E-state index in [0.29, 0.717) is 11.3 Å². The van der Waals surface area contributed by atoms with Gasteiger partial charge in [0.25, 0.3) is 5.56 Å². The van der Waals surface area contributed by atoms with E-state index in [1.165, 1.54) is 6.07 Å². The zero-order valence-electron chi connectivity index (χ0n) is 13.4. The van der Waals surface area contributed by atoms with Gasteiger partial charge >= 0.3 is 5.97 Å². The second-order valence-electron chi connectivity index (χ2n) is 6.31. The highest BCUT2D eigenvalue weighted by Gasteiger charge is 2.28. The summed E-state index contributed by atoms with van der Waals surface area (Å²) in [5.41, 5.74) is 2.19. The second kappa shape index (κ2) is 5.63. The van der Waals surface area contributed by atoms with Gasteiger partial charge in [0.2, 0.25) is 0 Å². The Kier molecular flexibility index (Phi) is 3.54. The first-order chi connectivity index (χ1) is 12.0. The number of aromatic nitrogens is 3. The summed E-state index contributed by atoms with van der Waals surface area (Å²) < 4.78 is 1.83. The number of pyridine rings is 1. The zero-order chi connectivity index (χ0) is 17.7. The first-order valence-corrected chi connectivity index (χ1v) is 8.37. The largest absolute Gasteiger partial charge is 0.478 e. The number of nitrogens with one attached hydrogen (secondary N) is 1. The van der Waals surface area contributed by atoms with Crippen molar-refractivity contribution in [1.29, 1.82) is 0 Å². The molecule has 6 nitrogen and oxygen atoms in total. The highest BCUT2D eigenvalue weighted by atomic mass is 32.1. The molecule has 1 aliphatic carbocycles. The zero-order valence-corrected chi connectivity index (χ0v) is 14.3. The van der Waals surface area contributed by atoms with E-state index in [1.807, 2.05) is 31.2 Å². The average Bonchev–Trinajstić information content (AvgIpc) is 3.38. The SMILES string of the molecule is Cc1cccc(-n2c(=S)[nH]c(=O)c3c(C(=O)O)cc(C4CC4)nc32)c1. The quantitative estimate of drug-likeness (QED) is 0.705. The van der Waals surface area contributed by atoms with Gasteiger partial charge in [-0.05, 0) is 55.7 Å². The van der Waals surface area contributed by atoms with Crippen LogP contribution in [0, 0.1) is 11.7 Å². The molecule has 4 rings (SSSR count). The van der Waals surface area contributed by atoms with Gasteiger partial charge in [-0.15, -0.1) is 0 Å². The van der Waals surface area contributed by atoms with Crippen molar-refractivity contribution in [3.8, 4) is 5.69 Å². The Morgan fingerprint density at radius 2 is 2.12 bits per heavy atom. The van der Waals surface area contributed by atoms with Crippen molar-refractivity contribution < 1.29 is 9.90 Å². The number of carboxylic acids is 1. The first kappa shape index (κ1) is 15.7. The van der Waals surface area contributed by atoms with Crippen LogP contribution in [0.1, 0.15) is 40.4 Å². The molecule has 0 unspecified atom stereocenters. The van der Waals surface area contributed by atoms with Crippen molar-refractivity contribution in [2.24, 2.45) is 0 Å². The Balaban J connectivity index is 2.17. The number of H-pyrrole nitrogens is 1. The molecule has 2 N–H and O–H groups in total. The molecule has 0 amide bonds. The van der Waals surface area contributed by atoms with Crippen molar-refractivity contribution in [3.63, 3.8) is 0 Å². The summed E-state index contributed by atoms with van der Waals surface area (Å²) >= 11 is 5.35. The van der Waals surface area contributed by atoms with Crippen LogP contribution in [-0.4, -0.2) is 25.6 Å². The lowest BCUT2D eigenvalue weighted by Crippen LogP contribution is -2.19. The molecule has 0 atom stereocenters. The molecule has 1 saturated carbocycles. The van der Waals surface area contributed by atoms with Crippen LogP contribution < -0.4 is 5.56 Å². The number of fused-ring (bicyclic) bond motifs is 1. The van der Waals surface area contributed by atoms with Crippen molar-refractivity contribution in [3.05, 3.63) is 62.3 Å². The summed E-state index contributed by atoms with van der Waals surface area (Å²) in [5.74, 6) is -0.894. The van der Waals surface area contributed by atoms with Crippen molar-refractivity contribution in [2.75, 3.05) is 0 Å². The van der Waals surface area contributed by atoms with Gasteiger partial charge in [-0.3, -0.25) is 14.3 Å². The van der Waals surface area contributed by atoms with Crippen LogP contribution in [-0.2, 0) is 0 Å². The lowest BCUT2D eigenvalue weighted by Gasteiger charge is -2.13. The minimum absolute atomic E-state index is 0.0375. The van der Waals surface area contributed by atoms with Gasteiger partial charge in [-0.25, -0.2) is 9.78 Å². The normalized spacial score (nSPS) is 14.0. The van der Waals surface area contributed by atoms with Crippen molar-refractivity contribution in [2.45, 2.75) is 25.7 Å². The Labute approximate surface area is 147 Å². The standard InChI is InChI=1S/C18H15N3O3S/c1-9-3-2-4-11(7-9)21-15-14(16(22)20-18(21)25)12(17(23)24)8-13(19-15)10-5-6-10/h2-4,7-8,10H,5-6H2,1H3,(H,23,24)(H,20,22,25). The van der Waals surface area contributed by atoms with Crippen LogP contribution in [0.2, 0.25) is 0 Å². The predicted molar refractivity (Wildman–Crippen MR) is 96.2 cm³/mol. The molecular formula is C18H15N3O3S. The average molecular weight is 353 g/mol. The molecule has 126 valence electrons. The number of aromatic carboxylic acids is 1. The molecule has 1 aromatic carbocycles. The summed E-state index contributed by atoms with van der Waals surface area (Å²) in [6.45, 7) is 1.95. The van der Waals surface area contributed by atoms with Gasteiger partial charge in [0.1, 0.15) is 0 Å². The Morgan fingerprint density at radius 3 is 2.76 bits per heavy atom. The number of aromatic amines is 1. The number of hydrogen-bond acceptors (Lipinski definition) is 4. The van der Waals surface area contributed by atoms with E-state index in [2.05, 4.69) is 9.97 Å². The highest BCUT2D eigenvalue weighted by molar-refractivity contribution is 7.71. The van der Waals surface area contributed by atoms with Crippen LogP contribution in [0.3, 0.4) is 0 Å². The Morgan fingerprint density at radius 1 is 1.36 bits per heavy atom. The lowest BCUT2D eigenvalue weighted by atomic mass is 10.1. The molecule has 0 radical (unpaired) electrons. The number of hydrogen-bond donors (Lipinski definition) is 2. The Hall–Kier alpha value is -2.80. The van der Waals surface area contributed by atoms with Crippen LogP contribution >= 0.6 is 12.2 Å². The molecule has 2 heterocycles. The maximum Gasteiger partial charge on any atom is 0.336 e. The summed E-state index contributed by atoms with van der Waals surface area (Å²) in [5, 5.41) is 9.64. The topological polar surface area (TPSA) is 88.0 Å². The molecule has 7 heteroatoms. The monoisotopic (exact) mass is 353 g/mol. The number of carboxylic acid groups (broad SMARTS) is 1. The van der Waals surface area contributed by atoms with Crippen molar-refractivity contribution in [1.82, 2.24) is 14.5 Å². The fourth-order valence-electron chi connectivity index (χ4n) is 3.01. The molecule has 1 aliphatic rings. The van der Waals surface area contributed by atoms with Gasteiger partial charge in [0.05, 0.1) is 16.6 Å². The third-order valence-corrected chi connectivity index (χ3v) is 4.65. The van der Waals surface area contributed by atoms with E-state index in [4.69, 9.17) is 12.2 Å². The van der Waals surface area contributed by atoms with Gasteiger partial charge in [0.15, 0.2) is 10.4 Å². The predicted octanol–water partition coefficient (Wildman–Crippen LogP) is 3.33. The molecule has 0 saturated heterocycles. The molecule has 2 aromatic heterocycles. The summed E-state index contributed by atoms with van der Waals surface area (Å²) in [4.78, 5) is 31.4. The molecule has 3 aromatic rings. The van der Waals surface area contributed by atoms with Crippen LogP contribution in [0.4, 0.5) is 0 Å². The van der Waals surface area contributed by atoms with E-state index in [9.17, 15) is 14.7 Å². The fourth-order valence-corrected chi connectivity index (χ4v) is 3.30. The summed E-state index contributed by atoms with van der Waals surface area (Å²) in [6.07, 6.45) is 1.96. The number of carbonyl (C=O) groups is 1. The maximum absolute atomic E-state index is 12.4. The van der Waals surface area contributed by atoms with E-state index in [1.54, 1.807) is 4.57 Å². The van der Waals surface area contributed by atoms with Crippen LogP contribution in [0.25, 0.3) is 16.7 Å². The van der Waals surface area contributed by atoms with E-state index < -0.39 is 11.5 Å². The van der Waals surface area contributed by atoms with Gasteiger partial charge in [-0.1, -0.05) is 12.1 Å². The maximum atomic E-state index is 12.4. The fraction of sp³-hybridized carbons (Fsp3) is 0.222. The van der Waals surface area contributed by atoms with Crippen molar-refractivity contribution >= 4 is 29.2 Å². The summed E-state index contributed by atoms with van der Waals surface area (Å²) in [7, 11) is 0.